The number of thiocarbonyl (C=S) groups is 1. The van der Waals surface area contributed by atoms with E-state index >= 15 is 0 Å². The highest BCUT2D eigenvalue weighted by molar-refractivity contribution is 7.78. The zero-order valence-electron chi connectivity index (χ0n) is 8.35. The molecular weight excluding hydrogens is 221 g/mol. The van der Waals surface area contributed by atoms with Crippen LogP contribution in [0.3, 0.4) is 0 Å². The first-order chi connectivity index (χ1) is 7.83. The van der Waals surface area contributed by atoms with Gasteiger partial charge in [-0.15, -0.1) is 0 Å². The lowest BCUT2D eigenvalue weighted by Gasteiger charge is -2.05. The maximum absolute atomic E-state index is 13.5. The summed E-state index contributed by atoms with van der Waals surface area (Å²) < 4.78 is 13.5. The number of hydrogen-bond acceptors (Lipinski definition) is 2. The van der Waals surface area contributed by atoms with Crippen LogP contribution in [0.25, 0.3) is 11.1 Å². The molecule has 3 heteroatoms. The molecule has 0 saturated heterocycles. The van der Waals surface area contributed by atoms with E-state index in [0.717, 1.165) is 11.1 Å². The molecular formula is C13H8FNS. The average molecular weight is 229 g/mol. The Kier molecular flexibility index (Phi) is 3.20. The molecule has 2 rings (SSSR count). The number of hydrogen-bond donors (Lipinski definition) is 0. The third kappa shape index (κ3) is 2.06. The van der Waals surface area contributed by atoms with Crippen LogP contribution in [0.5, 0.6) is 0 Å². The van der Waals surface area contributed by atoms with E-state index in [2.05, 4.69) is 22.4 Å². The van der Waals surface area contributed by atoms with Gasteiger partial charge in [-0.25, -0.2) is 4.39 Å². The van der Waals surface area contributed by atoms with Crippen LogP contribution in [-0.4, -0.2) is 5.16 Å². The topological polar surface area (TPSA) is 12.4 Å². The van der Waals surface area contributed by atoms with Gasteiger partial charge in [-0.05, 0) is 23.8 Å². The Bertz CT molecular complexity index is 545. The first kappa shape index (κ1) is 10.7. The summed E-state index contributed by atoms with van der Waals surface area (Å²) in [7, 11) is 0. The van der Waals surface area contributed by atoms with Gasteiger partial charge >= 0.3 is 0 Å². The Morgan fingerprint density at radius 3 is 2.44 bits per heavy atom. The lowest BCUT2D eigenvalue weighted by atomic mass is 10.0. The molecule has 0 amide bonds. The highest BCUT2D eigenvalue weighted by Crippen LogP contribution is 2.31. The average Bonchev–Trinajstić information content (AvgIpc) is 2.33. The Balaban J connectivity index is 2.65. The molecule has 0 aromatic heterocycles. The molecule has 1 nitrogen and oxygen atoms in total. The van der Waals surface area contributed by atoms with E-state index in [0.29, 0.717) is 0 Å². The second-order valence-electron chi connectivity index (χ2n) is 3.21. The van der Waals surface area contributed by atoms with Crippen molar-refractivity contribution in [1.82, 2.24) is 0 Å². The lowest BCUT2D eigenvalue weighted by Crippen LogP contribution is -1.82. The molecule has 0 bridgehead atoms. The molecule has 0 saturated carbocycles. The van der Waals surface area contributed by atoms with E-state index in [1.807, 2.05) is 36.4 Å². The van der Waals surface area contributed by atoms with E-state index in [-0.39, 0.29) is 5.69 Å². The number of halogens is 1. The summed E-state index contributed by atoms with van der Waals surface area (Å²) in [4.78, 5) is 3.77. The van der Waals surface area contributed by atoms with Gasteiger partial charge < -0.3 is 0 Å². The Morgan fingerprint density at radius 1 is 1.00 bits per heavy atom. The fraction of sp³-hybridized carbons (Fsp3) is 0. The van der Waals surface area contributed by atoms with Crippen LogP contribution in [0.4, 0.5) is 10.1 Å². The lowest BCUT2D eigenvalue weighted by molar-refractivity contribution is 0.630. The third-order valence-corrected chi connectivity index (χ3v) is 2.32. The minimum Gasteiger partial charge on any atom is -0.205 e. The number of nitrogens with zero attached hydrogens (tertiary/aromatic N) is 1. The summed E-state index contributed by atoms with van der Waals surface area (Å²) >= 11 is 4.52. The monoisotopic (exact) mass is 229 g/mol. The molecule has 0 fully saturated rings. The molecule has 2 aromatic carbocycles. The number of para-hydroxylation sites is 1. The van der Waals surface area contributed by atoms with Crippen LogP contribution >= 0.6 is 12.2 Å². The number of rotatable bonds is 2. The second-order valence-corrected chi connectivity index (χ2v) is 3.39. The highest BCUT2D eigenvalue weighted by Gasteiger charge is 2.08. The van der Waals surface area contributed by atoms with Gasteiger partial charge in [0.15, 0.2) is 0 Å². The van der Waals surface area contributed by atoms with Gasteiger partial charge in [0, 0.05) is 5.56 Å². The normalized spacial score (nSPS) is 9.56. The van der Waals surface area contributed by atoms with E-state index in [4.69, 9.17) is 0 Å². The van der Waals surface area contributed by atoms with E-state index in [9.17, 15) is 4.39 Å². The van der Waals surface area contributed by atoms with Crippen molar-refractivity contribution in [1.29, 1.82) is 0 Å². The molecule has 78 valence electrons. The molecule has 0 unspecified atom stereocenters. The van der Waals surface area contributed by atoms with Crippen molar-refractivity contribution in [2.24, 2.45) is 4.99 Å². The zero-order valence-corrected chi connectivity index (χ0v) is 9.17. The van der Waals surface area contributed by atoms with Gasteiger partial charge in [0.05, 0.1) is 5.16 Å². The first-order valence-corrected chi connectivity index (χ1v) is 5.15. The summed E-state index contributed by atoms with van der Waals surface area (Å²) in [6.45, 7) is 0. The number of aliphatic imine (C=N–C) groups is 1. The van der Waals surface area contributed by atoms with Crippen molar-refractivity contribution in [3.8, 4) is 11.1 Å². The molecule has 2 aromatic rings. The summed E-state index contributed by atoms with van der Waals surface area (Å²) in [5.41, 5.74) is 1.87. The van der Waals surface area contributed by atoms with Crippen molar-refractivity contribution < 1.29 is 4.39 Å². The van der Waals surface area contributed by atoms with Gasteiger partial charge in [0.25, 0.3) is 0 Å². The predicted molar refractivity (Wildman–Crippen MR) is 66.5 cm³/mol. The molecule has 0 aliphatic rings. The zero-order chi connectivity index (χ0) is 11.4. The summed E-state index contributed by atoms with van der Waals surface area (Å²) in [6, 6.07) is 14.3. The Labute approximate surface area is 98.3 Å². The summed E-state index contributed by atoms with van der Waals surface area (Å²) in [5, 5.41) is 2.20. The molecule has 0 N–H and O–H groups in total. The molecule has 0 aliphatic carbocycles. The van der Waals surface area contributed by atoms with E-state index in [1.165, 1.54) is 6.07 Å². The van der Waals surface area contributed by atoms with Crippen molar-refractivity contribution in [2.45, 2.75) is 0 Å². The number of isothiocyanates is 1. The van der Waals surface area contributed by atoms with Crippen molar-refractivity contribution in [3.05, 3.63) is 54.3 Å². The van der Waals surface area contributed by atoms with Crippen molar-refractivity contribution in [3.63, 3.8) is 0 Å². The van der Waals surface area contributed by atoms with E-state index in [1.54, 1.807) is 6.07 Å². The fourth-order valence-corrected chi connectivity index (χ4v) is 1.62. The smallest absolute Gasteiger partial charge is 0.150 e. The highest BCUT2D eigenvalue weighted by atomic mass is 32.1. The minimum atomic E-state index is -0.390. The van der Waals surface area contributed by atoms with Gasteiger partial charge in [0.1, 0.15) is 11.5 Å². The van der Waals surface area contributed by atoms with Crippen LogP contribution in [0.1, 0.15) is 0 Å². The second kappa shape index (κ2) is 4.79. The van der Waals surface area contributed by atoms with Crippen molar-refractivity contribution >= 4 is 23.1 Å². The number of benzene rings is 2. The van der Waals surface area contributed by atoms with Crippen LogP contribution in [0, 0.1) is 5.82 Å². The molecule has 0 heterocycles. The predicted octanol–water partition coefficient (Wildman–Crippen LogP) is 4.23. The van der Waals surface area contributed by atoms with Gasteiger partial charge in [-0.1, -0.05) is 42.5 Å². The summed E-state index contributed by atoms with van der Waals surface area (Å²) in [6.07, 6.45) is 0. The summed E-state index contributed by atoms with van der Waals surface area (Å²) in [5.74, 6) is -0.390. The quantitative estimate of drug-likeness (QED) is 0.554. The van der Waals surface area contributed by atoms with Crippen LogP contribution in [-0.2, 0) is 0 Å². The van der Waals surface area contributed by atoms with Gasteiger partial charge in [0.2, 0.25) is 0 Å². The maximum Gasteiger partial charge on any atom is 0.150 e. The van der Waals surface area contributed by atoms with Crippen LogP contribution in [0.2, 0.25) is 0 Å². The Morgan fingerprint density at radius 2 is 1.75 bits per heavy atom. The maximum atomic E-state index is 13.5. The molecule has 0 aliphatic heterocycles. The van der Waals surface area contributed by atoms with Crippen molar-refractivity contribution in [2.75, 3.05) is 0 Å². The van der Waals surface area contributed by atoms with Crippen LogP contribution < -0.4 is 0 Å². The molecule has 0 radical (unpaired) electrons. The SMILES string of the molecule is Fc1cccc(-c2ccccc2)c1N=C=S. The first-order valence-electron chi connectivity index (χ1n) is 4.75. The third-order valence-electron chi connectivity index (χ3n) is 2.23. The largest absolute Gasteiger partial charge is 0.205 e. The fourth-order valence-electron chi connectivity index (χ4n) is 1.53. The van der Waals surface area contributed by atoms with E-state index < -0.39 is 5.82 Å². The molecule has 16 heavy (non-hydrogen) atoms. The Hall–Kier alpha value is -1.83. The van der Waals surface area contributed by atoms with Gasteiger partial charge in [-0.2, -0.15) is 4.99 Å². The molecule has 0 atom stereocenters. The van der Waals surface area contributed by atoms with Gasteiger partial charge in [-0.3, -0.25) is 0 Å². The standard InChI is InChI=1S/C13H8FNS/c14-12-8-4-7-11(13(12)15-9-16)10-5-2-1-3-6-10/h1-8H. The minimum absolute atomic E-state index is 0.240. The van der Waals surface area contributed by atoms with Crippen LogP contribution in [0.15, 0.2) is 53.5 Å². The molecule has 0 spiro atoms.